The number of hydrogen-bond acceptors (Lipinski definition) is 2. The summed E-state index contributed by atoms with van der Waals surface area (Å²) >= 11 is 0. The number of methoxy groups -OCH3 is 1. The third kappa shape index (κ3) is 2.04. The predicted octanol–water partition coefficient (Wildman–Crippen LogP) is 9.76. The standard InChI is InChI=1S/C44H30O2/c1-19-26-17-23-16-22-15-21-12-11-20-14-24-18-43(2)39(19)36-32(26)33-28(23)30(22)42-37-34(31(24)41(43)38(36)35(33)37)29(20)40(21)44(42,13-7-10-27(45)46-3)25-8-5-4-6-9-25/h4-6,8-9,11-12,14-15,17,19H,7,10,13,16,18H2,1-3H3. The van der Waals surface area contributed by atoms with Crippen molar-refractivity contribution in [2.75, 3.05) is 7.11 Å². The summed E-state index contributed by atoms with van der Waals surface area (Å²) in [7, 11) is 1.52. The summed E-state index contributed by atoms with van der Waals surface area (Å²) in [6, 6.07) is 21.4. The molecule has 46 heavy (non-hydrogen) atoms. The summed E-state index contributed by atoms with van der Waals surface area (Å²) < 4.78 is 5.19. The second-order valence-electron chi connectivity index (χ2n) is 15.5. The minimum absolute atomic E-state index is 0.0607. The molecule has 3 unspecified atom stereocenters. The van der Waals surface area contributed by atoms with Crippen LogP contribution in [0, 0.1) is 0 Å². The first-order chi connectivity index (χ1) is 22.5. The highest BCUT2D eigenvalue weighted by atomic mass is 16.5. The largest absolute Gasteiger partial charge is 0.469 e. The molecule has 0 amide bonds. The topological polar surface area (TPSA) is 26.3 Å². The molecule has 0 aromatic heterocycles. The molecule has 7 aliphatic rings. The number of carbonyl (C=O) groups is 1. The molecule has 0 radical (unpaired) electrons. The normalized spacial score (nSPS) is 25.0. The van der Waals surface area contributed by atoms with Crippen molar-refractivity contribution in [1.29, 1.82) is 0 Å². The first-order valence-corrected chi connectivity index (χ1v) is 17.1. The molecular formula is C44H30O2. The summed E-state index contributed by atoms with van der Waals surface area (Å²) in [5.41, 5.74) is 21.2. The Hall–Kier alpha value is -4.69. The highest BCUT2D eigenvalue weighted by Crippen LogP contribution is 2.74. The van der Waals surface area contributed by atoms with Crippen LogP contribution in [-0.4, -0.2) is 13.1 Å². The van der Waals surface area contributed by atoms with E-state index in [-0.39, 0.29) is 16.8 Å². The van der Waals surface area contributed by atoms with Crippen LogP contribution in [0.3, 0.4) is 0 Å². The van der Waals surface area contributed by atoms with Crippen molar-refractivity contribution >= 4 is 66.3 Å². The Labute approximate surface area is 266 Å². The third-order valence-corrected chi connectivity index (χ3v) is 13.8. The number of hydrogen-bond donors (Lipinski definition) is 0. The van der Waals surface area contributed by atoms with E-state index in [2.05, 4.69) is 74.5 Å². The first-order valence-electron chi connectivity index (χ1n) is 17.1. The molecule has 2 heteroatoms. The lowest BCUT2D eigenvalue weighted by Crippen LogP contribution is -2.33. The van der Waals surface area contributed by atoms with Gasteiger partial charge in [-0.25, -0.2) is 0 Å². The zero-order chi connectivity index (χ0) is 30.2. The minimum atomic E-state index is -0.370. The number of carbonyl (C=O) groups excluding carboxylic acids is 1. The van der Waals surface area contributed by atoms with Crippen LogP contribution in [0.25, 0.3) is 60.3 Å². The van der Waals surface area contributed by atoms with Gasteiger partial charge in [0.15, 0.2) is 0 Å². The molecule has 6 aromatic rings. The molecule has 0 saturated carbocycles. The van der Waals surface area contributed by atoms with Gasteiger partial charge in [-0.05, 0) is 147 Å². The van der Waals surface area contributed by atoms with Crippen molar-refractivity contribution in [2.45, 2.75) is 62.7 Å². The number of esters is 1. The smallest absolute Gasteiger partial charge is 0.305 e. The highest BCUT2D eigenvalue weighted by molar-refractivity contribution is 6.41. The van der Waals surface area contributed by atoms with Crippen molar-refractivity contribution in [3.63, 3.8) is 0 Å². The Morgan fingerprint density at radius 3 is 2.54 bits per heavy atom. The van der Waals surface area contributed by atoms with Crippen molar-refractivity contribution < 1.29 is 9.53 Å². The molecule has 13 rings (SSSR count). The maximum absolute atomic E-state index is 12.6. The maximum Gasteiger partial charge on any atom is 0.305 e. The molecule has 0 fully saturated rings. The molecule has 2 bridgehead atoms. The fraction of sp³-hybridized carbons (Fsp3) is 0.250. The monoisotopic (exact) mass is 590 g/mol. The molecule has 0 saturated heterocycles. The van der Waals surface area contributed by atoms with E-state index in [9.17, 15) is 4.79 Å². The number of benzene rings is 6. The molecule has 3 atom stereocenters. The van der Waals surface area contributed by atoms with E-state index in [0.717, 1.165) is 25.7 Å². The molecule has 7 aliphatic carbocycles. The zero-order valence-electron chi connectivity index (χ0n) is 26.2. The Morgan fingerprint density at radius 1 is 0.848 bits per heavy atom. The Bertz CT molecular complexity index is 2740. The summed E-state index contributed by atoms with van der Waals surface area (Å²) in [6.45, 7) is 5.08. The van der Waals surface area contributed by atoms with Crippen LogP contribution < -0.4 is 0 Å². The van der Waals surface area contributed by atoms with Crippen LogP contribution in [0.1, 0.15) is 100 Å². The number of ether oxygens (including phenoxy) is 1. The van der Waals surface area contributed by atoms with Gasteiger partial charge in [0.25, 0.3) is 0 Å². The minimum Gasteiger partial charge on any atom is -0.469 e. The zero-order valence-corrected chi connectivity index (χ0v) is 26.2. The van der Waals surface area contributed by atoms with Crippen molar-refractivity contribution in [3.05, 3.63) is 121 Å². The van der Waals surface area contributed by atoms with Gasteiger partial charge in [0.1, 0.15) is 0 Å². The molecule has 0 spiro atoms. The molecule has 6 aromatic carbocycles. The quantitative estimate of drug-likeness (QED) is 0.147. The number of fused-ring (bicyclic) bond motifs is 1. The van der Waals surface area contributed by atoms with E-state index in [1.54, 1.807) is 55.1 Å². The summed E-state index contributed by atoms with van der Waals surface area (Å²) in [4.78, 5) is 12.6. The van der Waals surface area contributed by atoms with Gasteiger partial charge in [-0.2, -0.15) is 0 Å². The average Bonchev–Trinajstić information content (AvgIpc) is 3.80. The van der Waals surface area contributed by atoms with Crippen LogP contribution in [-0.2, 0) is 33.2 Å². The van der Waals surface area contributed by atoms with E-state index in [1.807, 2.05) is 0 Å². The van der Waals surface area contributed by atoms with Gasteiger partial charge < -0.3 is 4.74 Å². The van der Waals surface area contributed by atoms with Gasteiger partial charge in [0, 0.05) is 23.2 Å². The molecule has 0 aliphatic heterocycles. The lowest BCUT2D eigenvalue weighted by atomic mass is 9.59. The Kier molecular flexibility index (Phi) is 3.52. The lowest BCUT2D eigenvalue weighted by Gasteiger charge is -2.42. The van der Waals surface area contributed by atoms with Gasteiger partial charge in [-0.1, -0.05) is 74.5 Å². The van der Waals surface area contributed by atoms with E-state index in [1.165, 1.54) is 73.0 Å². The van der Waals surface area contributed by atoms with Gasteiger partial charge in [0.2, 0.25) is 0 Å². The van der Waals surface area contributed by atoms with Gasteiger partial charge >= 0.3 is 5.97 Å². The molecule has 0 N–H and O–H groups in total. The van der Waals surface area contributed by atoms with E-state index in [0.29, 0.717) is 12.3 Å². The summed E-state index contributed by atoms with van der Waals surface area (Å²) in [6.07, 6.45) is 6.74. The SMILES string of the molecule is COC(=O)CCCC1(c2ccccc2)c2c3ccc4cc5c6c7c8c9c%10c%11c(cc%12c%10c(c1c9c6c24)C(=C3)C%12)C(C)C(=C%118)C7(C)C5. The Balaban J connectivity index is 1.36. The highest BCUT2D eigenvalue weighted by Gasteiger charge is 2.58. The van der Waals surface area contributed by atoms with Crippen LogP contribution in [0.4, 0.5) is 0 Å². The summed E-state index contributed by atoms with van der Waals surface area (Å²) in [5.74, 6) is 0.338. The van der Waals surface area contributed by atoms with Gasteiger partial charge in [0.05, 0.1) is 7.11 Å². The molecule has 0 heterocycles. The predicted molar refractivity (Wildman–Crippen MR) is 186 cm³/mol. The molecule has 218 valence electrons. The number of rotatable bonds is 5. The van der Waals surface area contributed by atoms with Crippen LogP contribution in [0.5, 0.6) is 0 Å². The fourth-order valence-corrected chi connectivity index (χ4v) is 12.6. The second kappa shape index (κ2) is 6.86. The lowest BCUT2D eigenvalue weighted by molar-refractivity contribution is -0.140. The molecule has 2 nitrogen and oxygen atoms in total. The van der Waals surface area contributed by atoms with Gasteiger partial charge in [-0.15, -0.1) is 0 Å². The van der Waals surface area contributed by atoms with Crippen LogP contribution >= 0.6 is 0 Å². The van der Waals surface area contributed by atoms with E-state index < -0.39 is 0 Å². The van der Waals surface area contributed by atoms with Crippen molar-refractivity contribution in [2.24, 2.45) is 0 Å². The van der Waals surface area contributed by atoms with Crippen molar-refractivity contribution in [3.8, 4) is 0 Å². The number of allylic oxidation sites excluding steroid dienone is 2. The van der Waals surface area contributed by atoms with Crippen molar-refractivity contribution in [1.82, 2.24) is 0 Å². The molecular weight excluding hydrogens is 560 g/mol. The summed E-state index contributed by atoms with van der Waals surface area (Å²) in [5, 5.41) is 12.1. The average molecular weight is 591 g/mol. The maximum atomic E-state index is 12.6. The third-order valence-electron chi connectivity index (χ3n) is 13.8. The first kappa shape index (κ1) is 23.6. The van der Waals surface area contributed by atoms with Crippen LogP contribution in [0.15, 0.2) is 60.2 Å². The van der Waals surface area contributed by atoms with E-state index in [4.69, 9.17) is 4.74 Å². The van der Waals surface area contributed by atoms with Gasteiger partial charge in [-0.3, -0.25) is 4.79 Å². The van der Waals surface area contributed by atoms with E-state index >= 15 is 0 Å². The second-order valence-corrected chi connectivity index (χ2v) is 15.5. The fourth-order valence-electron chi connectivity index (χ4n) is 12.6. The van der Waals surface area contributed by atoms with Crippen LogP contribution in [0.2, 0.25) is 0 Å². The Morgan fingerprint density at radius 2 is 1.70 bits per heavy atom.